The molecule has 0 aliphatic rings. The van der Waals surface area contributed by atoms with Gasteiger partial charge in [-0.15, -0.1) is 0 Å². The van der Waals surface area contributed by atoms with Gasteiger partial charge < -0.3 is 14.8 Å². The number of nitrogens with one attached hydrogen (secondary N) is 1. The van der Waals surface area contributed by atoms with Crippen molar-refractivity contribution >= 4 is 11.6 Å². The van der Waals surface area contributed by atoms with E-state index in [1.165, 1.54) is 0 Å². The topological polar surface area (TPSA) is 60.5 Å². The largest absolute Gasteiger partial charge is 0.493 e. The van der Waals surface area contributed by atoms with E-state index < -0.39 is 0 Å². The minimum absolute atomic E-state index is 0.192. The summed E-state index contributed by atoms with van der Waals surface area (Å²) in [6, 6.07) is 26.5. The molecule has 5 heteroatoms. The molecular weight excluding hydrogens is 388 g/mol. The molecule has 0 fully saturated rings. The summed E-state index contributed by atoms with van der Waals surface area (Å²) in [7, 11) is 1.58. The SMILES string of the molecule is COc1ccc(NC(=O)c2ccccc2-c2ccccc2)cc1OCc1cccnc1. The predicted octanol–water partition coefficient (Wildman–Crippen LogP) is 5.59. The Labute approximate surface area is 181 Å². The second kappa shape index (κ2) is 9.59. The van der Waals surface area contributed by atoms with Crippen LogP contribution in [0.3, 0.4) is 0 Å². The summed E-state index contributed by atoms with van der Waals surface area (Å²) in [4.78, 5) is 17.2. The van der Waals surface area contributed by atoms with Crippen LogP contribution in [0.15, 0.2) is 97.3 Å². The van der Waals surface area contributed by atoms with E-state index in [1.54, 1.807) is 37.7 Å². The van der Waals surface area contributed by atoms with Gasteiger partial charge in [-0.1, -0.05) is 54.6 Å². The Morgan fingerprint density at radius 3 is 2.48 bits per heavy atom. The van der Waals surface area contributed by atoms with E-state index in [4.69, 9.17) is 9.47 Å². The highest BCUT2D eigenvalue weighted by Crippen LogP contribution is 2.31. The number of ether oxygens (including phenoxy) is 2. The number of carbonyl (C=O) groups excluding carboxylic acids is 1. The van der Waals surface area contributed by atoms with Crippen molar-refractivity contribution in [2.75, 3.05) is 12.4 Å². The Bertz CT molecular complexity index is 1160. The van der Waals surface area contributed by atoms with Gasteiger partial charge in [-0.3, -0.25) is 9.78 Å². The van der Waals surface area contributed by atoms with Crippen LogP contribution in [-0.4, -0.2) is 18.0 Å². The molecule has 4 aromatic rings. The summed E-state index contributed by atoms with van der Waals surface area (Å²) in [5.41, 5.74) is 4.03. The Kier molecular flexibility index (Phi) is 6.24. The zero-order valence-corrected chi connectivity index (χ0v) is 17.1. The van der Waals surface area contributed by atoms with Crippen LogP contribution in [0, 0.1) is 0 Å². The number of rotatable bonds is 7. The van der Waals surface area contributed by atoms with E-state index in [0.29, 0.717) is 29.4 Å². The van der Waals surface area contributed by atoms with Crippen molar-refractivity contribution in [1.29, 1.82) is 0 Å². The van der Waals surface area contributed by atoms with Crippen LogP contribution in [0.2, 0.25) is 0 Å². The molecule has 0 bridgehead atoms. The van der Waals surface area contributed by atoms with E-state index in [2.05, 4.69) is 10.3 Å². The van der Waals surface area contributed by atoms with Crippen LogP contribution < -0.4 is 14.8 Å². The number of hydrogen-bond donors (Lipinski definition) is 1. The molecule has 1 aromatic heterocycles. The van der Waals surface area contributed by atoms with Crippen molar-refractivity contribution in [3.8, 4) is 22.6 Å². The van der Waals surface area contributed by atoms with Gasteiger partial charge >= 0.3 is 0 Å². The van der Waals surface area contributed by atoms with Gasteiger partial charge in [0, 0.05) is 35.3 Å². The molecule has 0 aliphatic carbocycles. The highest BCUT2D eigenvalue weighted by Gasteiger charge is 2.14. The number of anilines is 1. The third kappa shape index (κ3) is 4.90. The number of amides is 1. The molecule has 3 aromatic carbocycles. The first-order chi connectivity index (χ1) is 15.2. The van der Waals surface area contributed by atoms with E-state index in [-0.39, 0.29) is 5.91 Å². The third-order valence-electron chi connectivity index (χ3n) is 4.80. The number of pyridine rings is 1. The van der Waals surface area contributed by atoms with Crippen molar-refractivity contribution in [3.63, 3.8) is 0 Å². The third-order valence-corrected chi connectivity index (χ3v) is 4.80. The highest BCUT2D eigenvalue weighted by molar-refractivity contribution is 6.08. The number of aromatic nitrogens is 1. The fourth-order valence-corrected chi connectivity index (χ4v) is 3.26. The number of carbonyl (C=O) groups is 1. The first-order valence-corrected chi connectivity index (χ1v) is 9.90. The molecule has 0 unspecified atom stereocenters. The Morgan fingerprint density at radius 2 is 1.71 bits per heavy atom. The van der Waals surface area contributed by atoms with Crippen LogP contribution >= 0.6 is 0 Å². The molecule has 0 saturated heterocycles. The van der Waals surface area contributed by atoms with Crippen molar-refractivity contribution in [1.82, 2.24) is 4.98 Å². The Balaban J connectivity index is 1.55. The van der Waals surface area contributed by atoms with Crippen molar-refractivity contribution in [3.05, 3.63) is 108 Å². The summed E-state index contributed by atoms with van der Waals surface area (Å²) in [6.45, 7) is 0.346. The number of benzene rings is 3. The van der Waals surface area contributed by atoms with Gasteiger partial charge in [0.1, 0.15) is 6.61 Å². The molecular formula is C26H22N2O3. The van der Waals surface area contributed by atoms with Crippen molar-refractivity contribution in [2.24, 2.45) is 0 Å². The number of methoxy groups -OCH3 is 1. The van der Waals surface area contributed by atoms with Gasteiger partial charge in [-0.25, -0.2) is 0 Å². The molecule has 0 radical (unpaired) electrons. The fraction of sp³-hybridized carbons (Fsp3) is 0.0769. The molecule has 1 amide bonds. The smallest absolute Gasteiger partial charge is 0.256 e. The lowest BCUT2D eigenvalue weighted by Gasteiger charge is -2.14. The second-order valence-electron chi connectivity index (χ2n) is 6.88. The normalized spacial score (nSPS) is 10.4. The predicted molar refractivity (Wildman–Crippen MR) is 121 cm³/mol. The first kappa shape index (κ1) is 20.2. The molecule has 1 N–H and O–H groups in total. The van der Waals surface area contributed by atoms with Gasteiger partial charge in [0.25, 0.3) is 5.91 Å². The second-order valence-corrected chi connectivity index (χ2v) is 6.88. The van der Waals surface area contributed by atoms with E-state index >= 15 is 0 Å². The monoisotopic (exact) mass is 410 g/mol. The average molecular weight is 410 g/mol. The maximum absolute atomic E-state index is 13.1. The minimum Gasteiger partial charge on any atom is -0.493 e. The molecule has 31 heavy (non-hydrogen) atoms. The van der Waals surface area contributed by atoms with Crippen LogP contribution in [0.1, 0.15) is 15.9 Å². The Hall–Kier alpha value is -4.12. The van der Waals surface area contributed by atoms with Crippen LogP contribution in [0.4, 0.5) is 5.69 Å². The molecule has 0 atom stereocenters. The van der Waals surface area contributed by atoms with Gasteiger partial charge in [0.05, 0.1) is 7.11 Å². The molecule has 0 saturated carbocycles. The zero-order valence-electron chi connectivity index (χ0n) is 17.1. The lowest BCUT2D eigenvalue weighted by Crippen LogP contribution is -2.13. The van der Waals surface area contributed by atoms with Gasteiger partial charge in [0.15, 0.2) is 11.5 Å². The standard InChI is InChI=1S/C26H22N2O3/c1-30-24-14-13-21(16-25(24)31-18-19-8-7-15-27-17-19)28-26(29)23-12-6-5-11-22(23)20-9-3-2-4-10-20/h2-17H,18H2,1H3,(H,28,29). The fourth-order valence-electron chi connectivity index (χ4n) is 3.26. The maximum Gasteiger partial charge on any atom is 0.256 e. The van der Waals surface area contributed by atoms with Gasteiger partial charge in [-0.05, 0) is 35.4 Å². The average Bonchev–Trinajstić information content (AvgIpc) is 2.84. The van der Waals surface area contributed by atoms with Crippen molar-refractivity contribution in [2.45, 2.75) is 6.61 Å². The molecule has 154 valence electrons. The molecule has 1 heterocycles. The maximum atomic E-state index is 13.1. The van der Waals surface area contributed by atoms with E-state index in [9.17, 15) is 4.79 Å². The quantitative estimate of drug-likeness (QED) is 0.432. The summed E-state index contributed by atoms with van der Waals surface area (Å²) < 4.78 is 11.3. The van der Waals surface area contributed by atoms with E-state index in [1.807, 2.05) is 66.7 Å². The van der Waals surface area contributed by atoms with Crippen LogP contribution in [0.5, 0.6) is 11.5 Å². The lowest BCUT2D eigenvalue weighted by atomic mass is 9.99. The summed E-state index contributed by atoms with van der Waals surface area (Å²) in [5.74, 6) is 0.940. The molecule has 4 rings (SSSR count). The zero-order chi connectivity index (χ0) is 21.5. The van der Waals surface area contributed by atoms with Gasteiger partial charge in [-0.2, -0.15) is 0 Å². The minimum atomic E-state index is -0.192. The molecule has 0 aliphatic heterocycles. The summed E-state index contributed by atoms with van der Waals surface area (Å²) in [6.07, 6.45) is 3.46. The lowest BCUT2D eigenvalue weighted by molar-refractivity contribution is 0.102. The Morgan fingerprint density at radius 1 is 0.903 bits per heavy atom. The number of hydrogen-bond acceptors (Lipinski definition) is 4. The summed E-state index contributed by atoms with van der Waals surface area (Å²) >= 11 is 0. The molecule has 5 nitrogen and oxygen atoms in total. The van der Waals surface area contributed by atoms with Gasteiger partial charge in [0.2, 0.25) is 0 Å². The van der Waals surface area contributed by atoms with Crippen molar-refractivity contribution < 1.29 is 14.3 Å². The van der Waals surface area contributed by atoms with E-state index in [0.717, 1.165) is 16.7 Å². The van der Waals surface area contributed by atoms with Crippen LogP contribution in [0.25, 0.3) is 11.1 Å². The first-order valence-electron chi connectivity index (χ1n) is 9.90. The highest BCUT2D eigenvalue weighted by atomic mass is 16.5. The molecule has 0 spiro atoms. The summed E-state index contributed by atoms with van der Waals surface area (Å²) in [5, 5.41) is 2.97. The van der Waals surface area contributed by atoms with Crippen LogP contribution in [-0.2, 0) is 6.61 Å². The number of nitrogens with zero attached hydrogens (tertiary/aromatic N) is 1.